The van der Waals surface area contributed by atoms with Gasteiger partial charge in [-0.25, -0.2) is 0 Å². The van der Waals surface area contributed by atoms with Crippen LogP contribution in [0.25, 0.3) is 0 Å². The van der Waals surface area contributed by atoms with Gasteiger partial charge in [-0.3, -0.25) is 4.68 Å². The Labute approximate surface area is 99.2 Å². The predicted octanol–water partition coefficient (Wildman–Crippen LogP) is 2.91. The van der Waals surface area contributed by atoms with Crippen molar-refractivity contribution in [1.29, 1.82) is 0 Å². The van der Waals surface area contributed by atoms with E-state index >= 15 is 0 Å². The number of nitrogens with zero attached hydrogens (tertiary/aromatic N) is 2. The van der Waals surface area contributed by atoms with Gasteiger partial charge in [0.25, 0.3) is 0 Å². The summed E-state index contributed by atoms with van der Waals surface area (Å²) in [6.07, 6.45) is 4.20. The minimum atomic E-state index is 0.503. The summed E-state index contributed by atoms with van der Waals surface area (Å²) < 4.78 is 2.18. The van der Waals surface area contributed by atoms with Crippen molar-refractivity contribution < 1.29 is 0 Å². The van der Waals surface area contributed by atoms with Crippen molar-refractivity contribution >= 4 is 0 Å². The summed E-state index contributed by atoms with van der Waals surface area (Å²) in [5.41, 5.74) is 2.72. The van der Waals surface area contributed by atoms with Crippen molar-refractivity contribution in [2.24, 2.45) is 0 Å². The molecule has 1 atom stereocenters. The van der Waals surface area contributed by atoms with E-state index in [0.29, 0.717) is 12.1 Å². The fourth-order valence-electron chi connectivity index (χ4n) is 1.83. The summed E-state index contributed by atoms with van der Waals surface area (Å²) in [5, 5.41) is 7.97. The van der Waals surface area contributed by atoms with Crippen molar-refractivity contribution in [3.63, 3.8) is 0 Å². The van der Waals surface area contributed by atoms with E-state index in [4.69, 9.17) is 0 Å². The molecule has 92 valence electrons. The fourth-order valence-corrected chi connectivity index (χ4v) is 1.83. The maximum atomic E-state index is 4.51. The Balaban J connectivity index is 2.82. The van der Waals surface area contributed by atoms with Gasteiger partial charge in [0.15, 0.2) is 0 Å². The molecular weight excluding hydrogens is 198 g/mol. The van der Waals surface area contributed by atoms with Crippen LogP contribution >= 0.6 is 0 Å². The van der Waals surface area contributed by atoms with Gasteiger partial charge in [-0.2, -0.15) is 5.10 Å². The summed E-state index contributed by atoms with van der Waals surface area (Å²) in [5.74, 6) is 0. The van der Waals surface area contributed by atoms with E-state index in [-0.39, 0.29) is 0 Å². The van der Waals surface area contributed by atoms with Gasteiger partial charge in [-0.1, -0.05) is 27.7 Å². The van der Waals surface area contributed by atoms with Crippen LogP contribution in [0.4, 0.5) is 0 Å². The first-order valence-corrected chi connectivity index (χ1v) is 6.38. The summed E-state index contributed by atoms with van der Waals surface area (Å²) in [4.78, 5) is 0. The van der Waals surface area contributed by atoms with E-state index in [1.54, 1.807) is 0 Å². The highest BCUT2D eigenvalue weighted by Gasteiger charge is 2.12. The lowest BCUT2D eigenvalue weighted by Crippen LogP contribution is -2.22. The molecule has 1 heterocycles. The fraction of sp³-hybridized carbons (Fsp3) is 0.769. The van der Waals surface area contributed by atoms with Gasteiger partial charge in [0.2, 0.25) is 0 Å². The molecule has 0 saturated carbocycles. The maximum Gasteiger partial charge on any atom is 0.0537 e. The van der Waals surface area contributed by atoms with E-state index in [1.807, 2.05) is 6.20 Å². The van der Waals surface area contributed by atoms with Gasteiger partial charge in [0, 0.05) is 29.9 Å². The highest BCUT2D eigenvalue weighted by molar-refractivity contribution is 5.18. The summed E-state index contributed by atoms with van der Waals surface area (Å²) in [7, 11) is 0. The number of nitrogens with one attached hydrogen (secondary N) is 1. The number of rotatable bonds is 6. The molecule has 0 aliphatic carbocycles. The quantitative estimate of drug-likeness (QED) is 0.803. The number of hydrogen-bond donors (Lipinski definition) is 1. The molecule has 1 aromatic heterocycles. The van der Waals surface area contributed by atoms with Crippen LogP contribution in [0, 0.1) is 0 Å². The van der Waals surface area contributed by atoms with Gasteiger partial charge in [-0.15, -0.1) is 0 Å². The minimum absolute atomic E-state index is 0.503. The maximum absolute atomic E-state index is 4.51. The van der Waals surface area contributed by atoms with Crippen LogP contribution in [-0.4, -0.2) is 15.8 Å². The highest BCUT2D eigenvalue weighted by atomic mass is 15.3. The number of hydrogen-bond acceptors (Lipinski definition) is 2. The second-order valence-electron chi connectivity index (χ2n) is 4.71. The van der Waals surface area contributed by atoms with Crippen LogP contribution in [0.1, 0.15) is 58.3 Å². The Morgan fingerprint density at radius 2 is 2.00 bits per heavy atom. The largest absolute Gasteiger partial charge is 0.310 e. The van der Waals surface area contributed by atoms with Crippen molar-refractivity contribution in [2.75, 3.05) is 0 Å². The van der Waals surface area contributed by atoms with E-state index < -0.39 is 0 Å². The molecule has 0 saturated heterocycles. The highest BCUT2D eigenvalue weighted by Crippen LogP contribution is 2.17. The molecule has 3 heteroatoms. The van der Waals surface area contributed by atoms with E-state index in [9.17, 15) is 0 Å². The molecule has 0 bridgehead atoms. The smallest absolute Gasteiger partial charge is 0.0537 e. The van der Waals surface area contributed by atoms with Crippen LogP contribution in [0.3, 0.4) is 0 Å². The Kier molecular flexibility index (Phi) is 5.00. The third-order valence-electron chi connectivity index (χ3n) is 3.03. The van der Waals surface area contributed by atoms with Crippen LogP contribution in [0.2, 0.25) is 0 Å². The second kappa shape index (κ2) is 6.04. The lowest BCUT2D eigenvalue weighted by Gasteiger charge is -2.14. The topological polar surface area (TPSA) is 29.9 Å². The van der Waals surface area contributed by atoms with Gasteiger partial charge in [0.05, 0.1) is 6.20 Å². The third-order valence-corrected chi connectivity index (χ3v) is 3.03. The summed E-state index contributed by atoms with van der Waals surface area (Å²) >= 11 is 0. The van der Waals surface area contributed by atoms with Gasteiger partial charge >= 0.3 is 0 Å². The molecule has 0 aliphatic heterocycles. The van der Waals surface area contributed by atoms with Crippen LogP contribution < -0.4 is 5.32 Å². The van der Waals surface area contributed by atoms with E-state index in [2.05, 4.69) is 49.7 Å². The van der Waals surface area contributed by atoms with Crippen molar-refractivity contribution in [3.05, 3.63) is 17.5 Å². The molecule has 0 radical (unpaired) electrons. The standard InChI is InChI=1S/C13H25N3/c1-6-11(5)16-13(7-2)12(9-15-16)8-14-10(3)4/h9-11,14H,6-8H2,1-5H3. The average molecular weight is 223 g/mol. The Hall–Kier alpha value is -0.830. The Bertz CT molecular complexity index is 315. The molecule has 1 aromatic rings. The molecular formula is C13H25N3. The summed E-state index contributed by atoms with van der Waals surface area (Å²) in [6, 6.07) is 1.03. The SMILES string of the molecule is CCc1c(CNC(C)C)cnn1C(C)CC. The third kappa shape index (κ3) is 3.08. The number of aromatic nitrogens is 2. The van der Waals surface area contributed by atoms with Crippen LogP contribution in [0.15, 0.2) is 6.20 Å². The average Bonchev–Trinajstić information content (AvgIpc) is 2.67. The van der Waals surface area contributed by atoms with Crippen LogP contribution in [0.5, 0.6) is 0 Å². The Morgan fingerprint density at radius 1 is 1.31 bits per heavy atom. The summed E-state index contributed by atoms with van der Waals surface area (Å²) in [6.45, 7) is 11.9. The van der Waals surface area contributed by atoms with Crippen molar-refractivity contribution in [3.8, 4) is 0 Å². The van der Waals surface area contributed by atoms with Gasteiger partial charge in [0.1, 0.15) is 0 Å². The molecule has 1 N–H and O–H groups in total. The lowest BCUT2D eigenvalue weighted by molar-refractivity contribution is 0.460. The van der Waals surface area contributed by atoms with Gasteiger partial charge in [-0.05, 0) is 19.8 Å². The zero-order chi connectivity index (χ0) is 12.1. The molecule has 0 aromatic carbocycles. The Morgan fingerprint density at radius 3 is 2.50 bits per heavy atom. The molecule has 1 unspecified atom stereocenters. The molecule has 0 amide bonds. The van der Waals surface area contributed by atoms with E-state index in [1.165, 1.54) is 11.3 Å². The molecule has 3 nitrogen and oxygen atoms in total. The zero-order valence-electron chi connectivity index (χ0n) is 11.2. The lowest BCUT2D eigenvalue weighted by atomic mass is 10.1. The normalized spacial score (nSPS) is 13.4. The predicted molar refractivity (Wildman–Crippen MR) is 68.6 cm³/mol. The molecule has 0 fully saturated rings. The zero-order valence-corrected chi connectivity index (χ0v) is 11.2. The first-order chi connectivity index (χ1) is 7.60. The molecule has 1 rings (SSSR count). The first kappa shape index (κ1) is 13.2. The monoisotopic (exact) mass is 223 g/mol. The minimum Gasteiger partial charge on any atom is -0.310 e. The first-order valence-electron chi connectivity index (χ1n) is 6.38. The van der Waals surface area contributed by atoms with Gasteiger partial charge < -0.3 is 5.32 Å². The van der Waals surface area contributed by atoms with E-state index in [0.717, 1.165) is 19.4 Å². The van der Waals surface area contributed by atoms with Crippen LogP contribution in [-0.2, 0) is 13.0 Å². The van der Waals surface area contributed by atoms with Crippen molar-refractivity contribution in [1.82, 2.24) is 15.1 Å². The van der Waals surface area contributed by atoms with Crippen molar-refractivity contribution in [2.45, 2.75) is 66.1 Å². The molecule has 0 aliphatic rings. The molecule has 0 spiro atoms. The second-order valence-corrected chi connectivity index (χ2v) is 4.71. The molecule has 16 heavy (non-hydrogen) atoms.